The van der Waals surface area contributed by atoms with Gasteiger partial charge >= 0.3 is 6.09 Å². The van der Waals surface area contributed by atoms with Gasteiger partial charge in [0.05, 0.1) is 17.0 Å². The van der Waals surface area contributed by atoms with E-state index in [1.165, 1.54) is 4.90 Å². The number of nitrogens with one attached hydrogen (secondary N) is 1. The molecule has 0 aliphatic carbocycles. The fraction of sp³-hybridized carbons (Fsp3) is 0.688. The number of ether oxygens (including phenoxy) is 1. The van der Waals surface area contributed by atoms with E-state index < -0.39 is 11.7 Å². The van der Waals surface area contributed by atoms with E-state index in [9.17, 15) is 9.59 Å². The van der Waals surface area contributed by atoms with Gasteiger partial charge in [-0.2, -0.15) is 5.10 Å². The standard InChI is InChI=1S/C16H24N4O3/c1-10-8-11-13(12-9-17-6-5-7-19(12)18-11)14(21)20(10)15(22)23-16(2,3)4/h10,17H,5-9H2,1-4H3/t10-/m1/s1. The number of aryl methyl sites for hydroxylation is 1. The van der Waals surface area contributed by atoms with Crippen molar-refractivity contribution in [2.45, 2.75) is 65.3 Å². The van der Waals surface area contributed by atoms with Crippen molar-refractivity contribution in [3.63, 3.8) is 0 Å². The molecule has 1 aromatic rings. The van der Waals surface area contributed by atoms with Gasteiger partial charge in [0.1, 0.15) is 5.60 Å². The molecule has 0 unspecified atom stereocenters. The molecule has 0 bridgehead atoms. The average molecular weight is 320 g/mol. The average Bonchev–Trinajstić information content (AvgIpc) is 2.59. The number of carbonyl (C=O) groups is 2. The van der Waals surface area contributed by atoms with Crippen LogP contribution >= 0.6 is 0 Å². The number of aromatic nitrogens is 2. The Kier molecular flexibility index (Phi) is 3.91. The zero-order valence-electron chi connectivity index (χ0n) is 14.2. The van der Waals surface area contributed by atoms with Crippen LogP contribution < -0.4 is 5.32 Å². The van der Waals surface area contributed by atoms with Crippen LogP contribution in [-0.2, 0) is 24.2 Å². The van der Waals surface area contributed by atoms with Crippen LogP contribution in [0, 0.1) is 0 Å². The highest BCUT2D eigenvalue weighted by Gasteiger charge is 2.40. The fourth-order valence-electron chi connectivity index (χ4n) is 3.13. The second kappa shape index (κ2) is 5.63. The van der Waals surface area contributed by atoms with Gasteiger partial charge < -0.3 is 10.1 Å². The Bertz CT molecular complexity index is 644. The Balaban J connectivity index is 1.95. The first-order valence-electron chi connectivity index (χ1n) is 8.14. The number of amides is 2. The van der Waals surface area contributed by atoms with Crippen molar-refractivity contribution >= 4 is 12.0 Å². The van der Waals surface area contributed by atoms with E-state index in [1.807, 2.05) is 11.6 Å². The largest absolute Gasteiger partial charge is 0.443 e. The van der Waals surface area contributed by atoms with Crippen LogP contribution in [0.4, 0.5) is 4.79 Å². The minimum atomic E-state index is -0.630. The Hall–Kier alpha value is -1.89. The highest BCUT2D eigenvalue weighted by molar-refractivity contribution is 6.05. The molecule has 0 radical (unpaired) electrons. The lowest BCUT2D eigenvalue weighted by atomic mass is 9.99. The summed E-state index contributed by atoms with van der Waals surface area (Å²) in [4.78, 5) is 26.6. The lowest BCUT2D eigenvalue weighted by Crippen LogP contribution is -2.49. The molecule has 23 heavy (non-hydrogen) atoms. The van der Waals surface area contributed by atoms with E-state index in [0.29, 0.717) is 18.5 Å². The molecule has 7 heteroatoms. The Morgan fingerprint density at radius 2 is 2.13 bits per heavy atom. The van der Waals surface area contributed by atoms with Crippen molar-refractivity contribution in [3.05, 3.63) is 17.0 Å². The second-order valence-electron chi connectivity index (χ2n) is 7.23. The molecular formula is C16H24N4O3. The highest BCUT2D eigenvalue weighted by Crippen LogP contribution is 2.28. The number of carbonyl (C=O) groups excluding carboxylic acids is 2. The number of hydrogen-bond donors (Lipinski definition) is 1. The number of nitrogens with zero attached hydrogens (tertiary/aromatic N) is 3. The molecule has 7 nitrogen and oxygen atoms in total. The maximum Gasteiger partial charge on any atom is 0.417 e. The summed E-state index contributed by atoms with van der Waals surface area (Å²) >= 11 is 0. The summed E-state index contributed by atoms with van der Waals surface area (Å²) in [6.45, 7) is 9.54. The monoisotopic (exact) mass is 320 g/mol. The van der Waals surface area contributed by atoms with Crippen LogP contribution in [0.2, 0.25) is 0 Å². The first-order chi connectivity index (χ1) is 10.8. The smallest absolute Gasteiger partial charge is 0.417 e. The Morgan fingerprint density at radius 1 is 1.39 bits per heavy atom. The van der Waals surface area contributed by atoms with Crippen molar-refractivity contribution in [2.24, 2.45) is 0 Å². The number of rotatable bonds is 0. The van der Waals surface area contributed by atoms with Gasteiger partial charge in [-0.1, -0.05) is 0 Å². The van der Waals surface area contributed by atoms with Crippen molar-refractivity contribution < 1.29 is 14.3 Å². The van der Waals surface area contributed by atoms with Gasteiger partial charge in [-0.25, -0.2) is 9.69 Å². The molecule has 0 saturated carbocycles. The van der Waals surface area contributed by atoms with E-state index in [4.69, 9.17) is 4.74 Å². The summed E-state index contributed by atoms with van der Waals surface area (Å²) in [5, 5.41) is 7.90. The SMILES string of the molecule is C[C@@H]1Cc2nn3c(c2C(=O)N1C(=O)OC(C)(C)C)CNCCC3. The predicted octanol–water partition coefficient (Wildman–Crippen LogP) is 1.70. The van der Waals surface area contributed by atoms with Crippen LogP contribution in [0.1, 0.15) is 55.9 Å². The van der Waals surface area contributed by atoms with Crippen molar-refractivity contribution in [1.82, 2.24) is 20.0 Å². The second-order valence-corrected chi connectivity index (χ2v) is 7.23. The van der Waals surface area contributed by atoms with Crippen LogP contribution in [0.5, 0.6) is 0 Å². The summed E-state index contributed by atoms with van der Waals surface area (Å²) in [5.74, 6) is -0.294. The third-order valence-corrected chi connectivity index (χ3v) is 4.10. The molecule has 0 aromatic carbocycles. The Labute approximate surface area is 136 Å². The quantitative estimate of drug-likeness (QED) is 0.787. The van der Waals surface area contributed by atoms with Crippen LogP contribution in [0.3, 0.4) is 0 Å². The lowest BCUT2D eigenvalue weighted by molar-refractivity contribution is 0.0164. The number of fused-ring (bicyclic) bond motifs is 3. The lowest BCUT2D eigenvalue weighted by Gasteiger charge is -2.32. The fourth-order valence-corrected chi connectivity index (χ4v) is 3.13. The van der Waals surface area contributed by atoms with Gasteiger partial charge in [-0.15, -0.1) is 0 Å². The van der Waals surface area contributed by atoms with Gasteiger partial charge in [-0.3, -0.25) is 9.48 Å². The summed E-state index contributed by atoms with van der Waals surface area (Å²) < 4.78 is 7.31. The minimum absolute atomic E-state index is 0.253. The van der Waals surface area contributed by atoms with Gasteiger partial charge in [0.2, 0.25) is 0 Å². The molecule has 0 saturated heterocycles. The molecule has 2 aliphatic rings. The van der Waals surface area contributed by atoms with E-state index in [-0.39, 0.29) is 11.9 Å². The van der Waals surface area contributed by atoms with E-state index in [1.54, 1.807) is 20.8 Å². The molecule has 0 fully saturated rings. The summed E-state index contributed by atoms with van der Waals surface area (Å²) in [6.07, 6.45) is 0.968. The van der Waals surface area contributed by atoms with Crippen LogP contribution in [0.25, 0.3) is 0 Å². The van der Waals surface area contributed by atoms with E-state index in [2.05, 4.69) is 10.4 Å². The molecule has 3 heterocycles. The molecule has 1 atom stereocenters. The molecule has 126 valence electrons. The summed E-state index contributed by atoms with van der Waals surface area (Å²) in [6, 6.07) is -0.253. The molecular weight excluding hydrogens is 296 g/mol. The van der Waals surface area contributed by atoms with Crippen molar-refractivity contribution in [3.8, 4) is 0 Å². The van der Waals surface area contributed by atoms with Crippen LogP contribution in [-0.4, -0.2) is 44.9 Å². The van der Waals surface area contributed by atoms with Crippen LogP contribution in [0.15, 0.2) is 0 Å². The van der Waals surface area contributed by atoms with Gasteiger partial charge in [-0.05, 0) is 40.7 Å². The minimum Gasteiger partial charge on any atom is -0.443 e. The van der Waals surface area contributed by atoms with E-state index in [0.717, 1.165) is 30.9 Å². The first-order valence-corrected chi connectivity index (χ1v) is 8.14. The molecule has 0 spiro atoms. The first kappa shape index (κ1) is 16.0. The normalized spacial score (nSPS) is 21.5. The molecule has 2 amide bonds. The summed E-state index contributed by atoms with van der Waals surface area (Å²) in [5.41, 5.74) is 1.61. The number of hydrogen-bond acceptors (Lipinski definition) is 5. The number of imide groups is 1. The maximum absolute atomic E-state index is 12.9. The molecule has 3 rings (SSSR count). The molecule has 1 aromatic heterocycles. The third-order valence-electron chi connectivity index (χ3n) is 4.10. The van der Waals surface area contributed by atoms with Crippen molar-refractivity contribution in [2.75, 3.05) is 6.54 Å². The summed E-state index contributed by atoms with van der Waals surface area (Å²) in [7, 11) is 0. The predicted molar refractivity (Wildman–Crippen MR) is 84.1 cm³/mol. The molecule has 2 aliphatic heterocycles. The topological polar surface area (TPSA) is 76.5 Å². The zero-order valence-corrected chi connectivity index (χ0v) is 14.2. The van der Waals surface area contributed by atoms with Crippen molar-refractivity contribution in [1.29, 1.82) is 0 Å². The highest BCUT2D eigenvalue weighted by atomic mass is 16.6. The third kappa shape index (κ3) is 2.97. The Morgan fingerprint density at radius 3 is 2.83 bits per heavy atom. The van der Waals surface area contributed by atoms with Gasteiger partial charge in [0.15, 0.2) is 0 Å². The maximum atomic E-state index is 12.9. The molecule has 1 N–H and O–H groups in total. The van der Waals surface area contributed by atoms with Gasteiger partial charge in [0, 0.05) is 25.6 Å². The van der Waals surface area contributed by atoms with Gasteiger partial charge in [0.25, 0.3) is 5.91 Å². The zero-order chi connectivity index (χ0) is 16.8. The van der Waals surface area contributed by atoms with E-state index >= 15 is 0 Å².